The Bertz CT molecular complexity index is 1660. The predicted molar refractivity (Wildman–Crippen MR) is 168 cm³/mol. The molecule has 0 atom stereocenters. The van der Waals surface area contributed by atoms with Crippen LogP contribution in [0.2, 0.25) is 0 Å². The van der Waals surface area contributed by atoms with Crippen LogP contribution in [0.4, 0.5) is 23.0 Å². The number of thiophene rings is 1. The van der Waals surface area contributed by atoms with Crippen LogP contribution in [0, 0.1) is 6.92 Å². The molecule has 9 nitrogen and oxygen atoms in total. The van der Waals surface area contributed by atoms with Gasteiger partial charge < -0.3 is 25.2 Å². The summed E-state index contributed by atoms with van der Waals surface area (Å²) in [5.74, 6) is 1.12. The van der Waals surface area contributed by atoms with Gasteiger partial charge in [-0.15, -0.1) is 21.5 Å². The zero-order chi connectivity index (χ0) is 29.4. The first kappa shape index (κ1) is 28.1. The summed E-state index contributed by atoms with van der Waals surface area (Å²) in [6.07, 6.45) is 7.64. The second-order valence-corrected chi connectivity index (χ2v) is 12.8. The highest BCUT2D eigenvalue weighted by Crippen LogP contribution is 2.33. The minimum atomic E-state index is -0.635. The molecular formula is C32H36N6O3S. The molecule has 0 radical (unpaired) electrons. The summed E-state index contributed by atoms with van der Waals surface area (Å²) in [6.45, 7) is 5.27. The largest absolute Gasteiger partial charge is 0.390 e. The Morgan fingerprint density at radius 1 is 1.05 bits per heavy atom. The van der Waals surface area contributed by atoms with E-state index in [1.54, 1.807) is 29.1 Å². The highest BCUT2D eigenvalue weighted by Gasteiger charge is 2.28. The summed E-state index contributed by atoms with van der Waals surface area (Å²) < 4.78 is 1.54. The Balaban J connectivity index is 1.21. The Morgan fingerprint density at radius 3 is 2.57 bits per heavy atom. The molecule has 4 heterocycles. The molecule has 42 heavy (non-hydrogen) atoms. The number of nitrogens with one attached hydrogen (secondary N) is 2. The van der Waals surface area contributed by atoms with E-state index < -0.39 is 5.60 Å². The van der Waals surface area contributed by atoms with Crippen LogP contribution in [-0.2, 0) is 19.9 Å². The maximum absolute atomic E-state index is 13.2. The number of carbonyl (C=O) groups excluding carboxylic acids is 1. The van der Waals surface area contributed by atoms with Crippen LogP contribution in [0.3, 0.4) is 0 Å². The van der Waals surface area contributed by atoms with E-state index in [-0.39, 0.29) is 11.5 Å². The number of pyridine rings is 1. The maximum atomic E-state index is 13.2. The zero-order valence-corrected chi connectivity index (χ0v) is 25.1. The van der Waals surface area contributed by atoms with Gasteiger partial charge in [-0.3, -0.25) is 9.59 Å². The van der Waals surface area contributed by atoms with Crippen molar-refractivity contribution >= 4 is 40.3 Å². The van der Waals surface area contributed by atoms with Crippen molar-refractivity contribution in [3.63, 3.8) is 0 Å². The highest BCUT2D eigenvalue weighted by molar-refractivity contribution is 7.14. The van der Waals surface area contributed by atoms with Gasteiger partial charge in [0.15, 0.2) is 11.6 Å². The molecule has 1 fully saturated rings. The van der Waals surface area contributed by atoms with Crippen molar-refractivity contribution < 1.29 is 9.90 Å². The first-order chi connectivity index (χ1) is 20.2. The van der Waals surface area contributed by atoms with Gasteiger partial charge in [-0.1, -0.05) is 12.1 Å². The van der Waals surface area contributed by atoms with Crippen LogP contribution < -0.4 is 21.1 Å². The van der Waals surface area contributed by atoms with Crippen molar-refractivity contribution in [1.29, 1.82) is 0 Å². The number of anilines is 4. The van der Waals surface area contributed by atoms with Crippen molar-refractivity contribution in [2.45, 2.75) is 58.0 Å². The number of amides is 1. The van der Waals surface area contributed by atoms with Crippen molar-refractivity contribution in [1.82, 2.24) is 14.8 Å². The zero-order valence-electron chi connectivity index (χ0n) is 24.2. The summed E-state index contributed by atoms with van der Waals surface area (Å²) in [6, 6.07) is 13.4. The Morgan fingerprint density at radius 2 is 1.83 bits per heavy atom. The van der Waals surface area contributed by atoms with Crippen molar-refractivity contribution in [3.05, 3.63) is 79.9 Å². The van der Waals surface area contributed by atoms with Crippen LogP contribution >= 0.6 is 11.3 Å². The number of benzene rings is 1. The number of hydrogen-bond acceptors (Lipinski definition) is 8. The number of aromatic nitrogens is 3. The molecule has 1 amide bonds. The molecule has 4 aromatic rings. The van der Waals surface area contributed by atoms with Gasteiger partial charge >= 0.3 is 0 Å². The van der Waals surface area contributed by atoms with Gasteiger partial charge in [-0.25, -0.2) is 0 Å². The molecule has 1 aromatic carbocycles. The van der Waals surface area contributed by atoms with E-state index in [0.29, 0.717) is 37.4 Å². The van der Waals surface area contributed by atoms with Gasteiger partial charge in [0.2, 0.25) is 0 Å². The van der Waals surface area contributed by atoms with Gasteiger partial charge in [-0.05, 0) is 99.4 Å². The number of rotatable bonds is 6. The van der Waals surface area contributed by atoms with E-state index in [2.05, 4.69) is 25.7 Å². The van der Waals surface area contributed by atoms with Crippen molar-refractivity contribution in [2.24, 2.45) is 7.05 Å². The number of fused-ring (bicyclic) bond motifs is 1. The fourth-order valence-electron chi connectivity index (χ4n) is 5.73. The number of aryl methyl sites for hydroxylation is 3. The standard InChI is InChI=1S/C32H36N6O3S/c1-20-23(8-6-9-24(20)34-30(39)27-18-21-7-4-5-10-26(21)42-27)22-17-25(31(40)37(3)19-22)33-28-11-12-29(36-35-28)38-15-13-32(2,41)14-16-38/h6,8-9,11-12,17-19,41H,4-5,7,10,13-16H2,1-3H3,(H,33,35)(H,34,39). The molecule has 3 N–H and O–H groups in total. The molecule has 6 rings (SSSR count). The van der Waals surface area contributed by atoms with E-state index in [4.69, 9.17) is 0 Å². The summed E-state index contributed by atoms with van der Waals surface area (Å²) in [5, 5.41) is 25.2. The number of carbonyl (C=O) groups is 1. The van der Waals surface area contributed by atoms with E-state index in [0.717, 1.165) is 45.9 Å². The van der Waals surface area contributed by atoms with E-state index in [1.807, 2.05) is 56.3 Å². The second kappa shape index (κ2) is 11.3. The quantitative estimate of drug-likeness (QED) is 0.277. The van der Waals surface area contributed by atoms with E-state index in [1.165, 1.54) is 23.3 Å². The third kappa shape index (κ3) is 5.82. The number of aliphatic hydroxyl groups is 1. The second-order valence-electron chi connectivity index (χ2n) is 11.6. The van der Waals surface area contributed by atoms with E-state index >= 15 is 0 Å². The molecule has 1 aliphatic carbocycles. The van der Waals surface area contributed by atoms with Gasteiger partial charge in [0.25, 0.3) is 11.5 Å². The third-order valence-corrected chi connectivity index (χ3v) is 9.61. The topological polar surface area (TPSA) is 112 Å². The molecule has 0 bridgehead atoms. The Kier molecular flexibility index (Phi) is 7.59. The molecular weight excluding hydrogens is 548 g/mol. The first-order valence-electron chi connectivity index (χ1n) is 14.5. The van der Waals surface area contributed by atoms with Gasteiger partial charge in [0, 0.05) is 42.5 Å². The van der Waals surface area contributed by atoms with Crippen LogP contribution in [0.25, 0.3) is 11.1 Å². The Labute approximate surface area is 249 Å². The lowest BCUT2D eigenvalue weighted by atomic mass is 9.94. The normalized spacial score (nSPS) is 16.1. The smallest absolute Gasteiger partial charge is 0.274 e. The van der Waals surface area contributed by atoms with Crippen LogP contribution in [0.5, 0.6) is 0 Å². The molecule has 1 aliphatic heterocycles. The van der Waals surface area contributed by atoms with E-state index in [9.17, 15) is 14.7 Å². The molecule has 0 unspecified atom stereocenters. The predicted octanol–water partition coefficient (Wildman–Crippen LogP) is 5.44. The Hall–Kier alpha value is -4.02. The van der Waals surface area contributed by atoms with Gasteiger partial charge in [-0.2, -0.15) is 0 Å². The lowest BCUT2D eigenvalue weighted by Gasteiger charge is -2.36. The van der Waals surface area contributed by atoms with Crippen molar-refractivity contribution in [3.8, 4) is 11.1 Å². The summed E-state index contributed by atoms with van der Waals surface area (Å²) in [5.41, 5.74) is 4.28. The third-order valence-electron chi connectivity index (χ3n) is 8.37. The number of hydrogen-bond donors (Lipinski definition) is 3. The lowest BCUT2D eigenvalue weighted by molar-refractivity contribution is 0.0350. The maximum Gasteiger partial charge on any atom is 0.274 e. The lowest BCUT2D eigenvalue weighted by Crippen LogP contribution is -2.42. The minimum absolute atomic E-state index is 0.0885. The minimum Gasteiger partial charge on any atom is -0.390 e. The van der Waals surface area contributed by atoms with Crippen LogP contribution in [-0.4, -0.2) is 44.5 Å². The molecule has 2 aliphatic rings. The summed E-state index contributed by atoms with van der Waals surface area (Å²) in [7, 11) is 1.72. The van der Waals surface area contributed by atoms with Crippen LogP contribution in [0.1, 0.15) is 58.3 Å². The number of piperidine rings is 1. The molecule has 218 valence electrons. The summed E-state index contributed by atoms with van der Waals surface area (Å²) >= 11 is 1.60. The molecule has 1 saturated heterocycles. The average Bonchev–Trinajstić information content (AvgIpc) is 3.42. The SMILES string of the molecule is Cc1c(NC(=O)c2cc3c(s2)CCCC3)cccc1-c1cc(Nc2ccc(N3CCC(C)(O)CC3)nn2)c(=O)n(C)c1. The molecule has 3 aromatic heterocycles. The highest BCUT2D eigenvalue weighted by atomic mass is 32.1. The fraction of sp³-hybridized carbons (Fsp3) is 0.375. The fourth-order valence-corrected chi connectivity index (χ4v) is 6.88. The molecule has 0 spiro atoms. The van der Waals surface area contributed by atoms with Gasteiger partial charge in [0.05, 0.1) is 10.5 Å². The molecule has 10 heteroatoms. The molecule has 0 saturated carbocycles. The monoisotopic (exact) mass is 584 g/mol. The summed E-state index contributed by atoms with van der Waals surface area (Å²) in [4.78, 5) is 30.4. The average molecular weight is 585 g/mol. The van der Waals surface area contributed by atoms with Crippen LogP contribution in [0.15, 0.2) is 53.5 Å². The first-order valence-corrected chi connectivity index (χ1v) is 15.3. The number of nitrogens with zero attached hydrogens (tertiary/aromatic N) is 4. The van der Waals surface area contributed by atoms with Gasteiger partial charge in [0.1, 0.15) is 5.69 Å². The van der Waals surface area contributed by atoms with Crippen molar-refractivity contribution in [2.75, 3.05) is 28.6 Å².